The first-order valence-corrected chi connectivity index (χ1v) is 7.55. The summed E-state index contributed by atoms with van der Waals surface area (Å²) in [5.41, 5.74) is 2.04. The zero-order valence-electron chi connectivity index (χ0n) is 12.7. The van der Waals surface area contributed by atoms with Crippen LogP contribution in [0.3, 0.4) is 0 Å². The smallest absolute Gasteiger partial charge is 0.165 e. The Kier molecular flexibility index (Phi) is 5.08. The summed E-state index contributed by atoms with van der Waals surface area (Å²) in [4.78, 5) is 0. The zero-order chi connectivity index (χ0) is 15.9. The Labute approximate surface area is 134 Å². The van der Waals surface area contributed by atoms with Gasteiger partial charge in [-0.25, -0.2) is 4.68 Å². The normalized spacial score (nSPS) is 12.2. The fourth-order valence-corrected chi connectivity index (χ4v) is 2.34. The van der Waals surface area contributed by atoms with Crippen LogP contribution in [0.15, 0.2) is 60.7 Å². The highest BCUT2D eigenvalue weighted by Crippen LogP contribution is 2.10. The summed E-state index contributed by atoms with van der Waals surface area (Å²) in [6, 6.07) is 19.6. The molecule has 0 saturated heterocycles. The molecule has 118 valence electrons. The molecular weight excluding hydrogens is 290 g/mol. The molecule has 0 spiro atoms. The Morgan fingerprint density at radius 2 is 1.70 bits per heavy atom. The highest BCUT2D eigenvalue weighted by Gasteiger charge is 2.09. The van der Waals surface area contributed by atoms with Crippen LogP contribution in [0.2, 0.25) is 0 Å². The number of aliphatic hydroxyl groups excluding tert-OH is 1. The number of benzene rings is 2. The van der Waals surface area contributed by atoms with E-state index in [1.54, 1.807) is 4.68 Å². The van der Waals surface area contributed by atoms with E-state index < -0.39 is 6.10 Å². The maximum Gasteiger partial charge on any atom is 0.165 e. The molecule has 3 rings (SSSR count). The van der Waals surface area contributed by atoms with E-state index in [1.165, 1.54) is 0 Å². The number of nitrogens with one attached hydrogen (secondary N) is 1. The molecule has 0 fully saturated rings. The molecule has 0 amide bonds. The first kappa shape index (κ1) is 15.3. The number of rotatable bonds is 7. The van der Waals surface area contributed by atoms with E-state index in [1.807, 2.05) is 60.7 Å². The van der Waals surface area contributed by atoms with Gasteiger partial charge in [-0.2, -0.15) is 0 Å². The van der Waals surface area contributed by atoms with Crippen LogP contribution in [-0.4, -0.2) is 31.9 Å². The lowest BCUT2D eigenvalue weighted by atomic mass is 10.1. The van der Waals surface area contributed by atoms with Crippen molar-refractivity contribution in [2.45, 2.75) is 19.2 Å². The van der Waals surface area contributed by atoms with Crippen molar-refractivity contribution in [3.8, 4) is 0 Å². The number of hydrogen-bond acceptors (Lipinski definition) is 5. The maximum absolute atomic E-state index is 10.1. The van der Waals surface area contributed by atoms with Crippen molar-refractivity contribution in [2.75, 3.05) is 6.54 Å². The summed E-state index contributed by atoms with van der Waals surface area (Å²) in [5.74, 6) is 0.745. The number of nitrogens with zero attached hydrogens (tertiary/aromatic N) is 4. The topological polar surface area (TPSA) is 75.9 Å². The van der Waals surface area contributed by atoms with Crippen molar-refractivity contribution >= 4 is 0 Å². The van der Waals surface area contributed by atoms with E-state index in [-0.39, 0.29) is 0 Å². The van der Waals surface area contributed by atoms with Crippen molar-refractivity contribution < 1.29 is 5.11 Å². The van der Waals surface area contributed by atoms with Gasteiger partial charge < -0.3 is 10.4 Å². The van der Waals surface area contributed by atoms with Gasteiger partial charge in [0.15, 0.2) is 5.82 Å². The highest BCUT2D eigenvalue weighted by atomic mass is 16.3. The second-order valence-electron chi connectivity index (χ2n) is 5.30. The van der Waals surface area contributed by atoms with Gasteiger partial charge in [-0.15, -0.1) is 5.10 Å². The van der Waals surface area contributed by atoms with E-state index >= 15 is 0 Å². The molecule has 23 heavy (non-hydrogen) atoms. The van der Waals surface area contributed by atoms with Gasteiger partial charge in [-0.3, -0.25) is 0 Å². The van der Waals surface area contributed by atoms with Crippen LogP contribution in [0.5, 0.6) is 0 Å². The van der Waals surface area contributed by atoms with Crippen molar-refractivity contribution in [2.24, 2.45) is 0 Å². The van der Waals surface area contributed by atoms with Crippen LogP contribution >= 0.6 is 0 Å². The molecule has 0 radical (unpaired) electrons. The minimum Gasteiger partial charge on any atom is -0.387 e. The van der Waals surface area contributed by atoms with E-state index in [4.69, 9.17) is 0 Å². The molecule has 0 bridgehead atoms. The van der Waals surface area contributed by atoms with Crippen molar-refractivity contribution in [1.82, 2.24) is 25.5 Å². The number of tetrazole rings is 1. The largest absolute Gasteiger partial charge is 0.387 e. The zero-order valence-corrected chi connectivity index (χ0v) is 12.7. The number of aliphatic hydroxyl groups is 1. The Bertz CT molecular complexity index is 714. The Morgan fingerprint density at radius 1 is 1.00 bits per heavy atom. The molecule has 1 atom stereocenters. The molecule has 6 nitrogen and oxygen atoms in total. The lowest BCUT2D eigenvalue weighted by Crippen LogP contribution is -2.23. The molecule has 0 aliphatic carbocycles. The third-order valence-electron chi connectivity index (χ3n) is 3.59. The first-order valence-electron chi connectivity index (χ1n) is 7.55. The number of aromatic nitrogens is 4. The van der Waals surface area contributed by atoms with Crippen LogP contribution in [0.1, 0.15) is 23.1 Å². The average Bonchev–Trinajstić information content (AvgIpc) is 3.03. The average molecular weight is 309 g/mol. The molecule has 0 unspecified atom stereocenters. The van der Waals surface area contributed by atoms with Crippen molar-refractivity contribution in [1.29, 1.82) is 0 Å². The fraction of sp³-hybridized carbons (Fsp3) is 0.235. The van der Waals surface area contributed by atoms with Crippen LogP contribution in [-0.2, 0) is 13.1 Å². The van der Waals surface area contributed by atoms with E-state index in [2.05, 4.69) is 20.8 Å². The summed E-state index contributed by atoms with van der Waals surface area (Å²) in [7, 11) is 0. The predicted octanol–water partition coefficient (Wildman–Crippen LogP) is 1.54. The molecule has 2 aromatic carbocycles. The predicted molar refractivity (Wildman–Crippen MR) is 86.5 cm³/mol. The Morgan fingerprint density at radius 3 is 2.43 bits per heavy atom. The second kappa shape index (κ2) is 7.62. The Hall–Kier alpha value is -2.57. The fourth-order valence-electron chi connectivity index (χ4n) is 2.34. The van der Waals surface area contributed by atoms with Crippen LogP contribution in [0.25, 0.3) is 0 Å². The summed E-state index contributed by atoms with van der Waals surface area (Å²) in [6.45, 7) is 1.58. The molecule has 3 aromatic rings. The van der Waals surface area contributed by atoms with Gasteiger partial charge in [0.25, 0.3) is 0 Å². The third kappa shape index (κ3) is 4.21. The molecule has 6 heteroatoms. The van der Waals surface area contributed by atoms with Gasteiger partial charge in [0.05, 0.1) is 19.2 Å². The second-order valence-corrected chi connectivity index (χ2v) is 5.30. The lowest BCUT2D eigenvalue weighted by molar-refractivity contribution is 0.174. The summed E-state index contributed by atoms with van der Waals surface area (Å²) in [5, 5.41) is 25.1. The molecular formula is C17H19N5O. The minimum absolute atomic E-state index is 0.447. The molecule has 0 aliphatic heterocycles. The molecule has 2 N–H and O–H groups in total. The van der Waals surface area contributed by atoms with Gasteiger partial charge >= 0.3 is 0 Å². The molecule has 0 aliphatic rings. The standard InChI is InChI=1S/C17H19N5O/c23-16(15-9-5-2-6-10-15)11-18-12-17-19-20-21-22(17)13-14-7-3-1-4-8-14/h1-10,16,18,23H,11-13H2/t16-/m0/s1. The van der Waals surface area contributed by atoms with Gasteiger partial charge in [-0.1, -0.05) is 60.7 Å². The molecule has 1 aromatic heterocycles. The minimum atomic E-state index is -0.547. The first-order chi connectivity index (χ1) is 11.3. The van der Waals surface area contributed by atoms with Gasteiger partial charge in [0.1, 0.15) is 0 Å². The third-order valence-corrected chi connectivity index (χ3v) is 3.59. The summed E-state index contributed by atoms with van der Waals surface area (Å²) >= 11 is 0. The van der Waals surface area contributed by atoms with Gasteiger partial charge in [0.2, 0.25) is 0 Å². The van der Waals surface area contributed by atoms with E-state index in [9.17, 15) is 5.11 Å². The van der Waals surface area contributed by atoms with E-state index in [0.717, 1.165) is 17.0 Å². The molecule has 1 heterocycles. The summed E-state index contributed by atoms with van der Waals surface area (Å²) < 4.78 is 1.76. The Balaban J connectivity index is 1.54. The maximum atomic E-state index is 10.1. The van der Waals surface area contributed by atoms with Gasteiger partial charge in [-0.05, 0) is 21.6 Å². The van der Waals surface area contributed by atoms with Crippen LogP contribution < -0.4 is 5.32 Å². The SMILES string of the molecule is O[C@@H](CNCc1nnnn1Cc1ccccc1)c1ccccc1. The summed E-state index contributed by atoms with van der Waals surface area (Å²) in [6.07, 6.45) is -0.547. The highest BCUT2D eigenvalue weighted by molar-refractivity contribution is 5.17. The van der Waals surface area contributed by atoms with Crippen molar-refractivity contribution in [3.63, 3.8) is 0 Å². The monoisotopic (exact) mass is 309 g/mol. The van der Waals surface area contributed by atoms with Crippen LogP contribution in [0.4, 0.5) is 0 Å². The van der Waals surface area contributed by atoms with Crippen LogP contribution in [0, 0.1) is 0 Å². The quantitative estimate of drug-likeness (QED) is 0.692. The van der Waals surface area contributed by atoms with Gasteiger partial charge in [0, 0.05) is 6.54 Å². The lowest BCUT2D eigenvalue weighted by Gasteiger charge is -2.12. The number of hydrogen-bond donors (Lipinski definition) is 2. The van der Waals surface area contributed by atoms with E-state index in [0.29, 0.717) is 19.6 Å². The molecule has 0 saturated carbocycles. The van der Waals surface area contributed by atoms with Crippen molar-refractivity contribution in [3.05, 3.63) is 77.6 Å².